The zero-order valence-corrected chi connectivity index (χ0v) is 13.7. The van der Waals surface area contributed by atoms with Crippen LogP contribution in [0, 0.1) is 0 Å². The summed E-state index contributed by atoms with van der Waals surface area (Å²) < 4.78 is 0. The maximum absolute atomic E-state index is 10.7. The van der Waals surface area contributed by atoms with Gasteiger partial charge in [0.25, 0.3) is 0 Å². The fourth-order valence-electron chi connectivity index (χ4n) is 0.729. The molecule has 0 aromatic heterocycles. The molecule has 0 bridgehead atoms. The second-order valence-corrected chi connectivity index (χ2v) is 5.66. The molecule has 0 saturated heterocycles. The molecule has 0 heterocycles. The molecule has 0 aliphatic rings. The fourth-order valence-corrected chi connectivity index (χ4v) is 3.00. The third-order valence-electron chi connectivity index (χ3n) is 1.56. The molecule has 1 radical (unpaired) electrons. The third-order valence-corrected chi connectivity index (χ3v) is 4.01. The van der Waals surface area contributed by atoms with Crippen LogP contribution in [0.25, 0.3) is 0 Å². The molecule has 0 unspecified atom stereocenters. The molecule has 0 saturated carbocycles. The number of nitrogens with one attached hydrogen (secondary N) is 1. The van der Waals surface area contributed by atoms with Gasteiger partial charge in [0, 0.05) is 48.0 Å². The van der Waals surface area contributed by atoms with Crippen LogP contribution in [0.15, 0.2) is 0 Å². The van der Waals surface area contributed by atoms with Crippen LogP contribution in [0.3, 0.4) is 0 Å². The van der Waals surface area contributed by atoms with Crippen molar-refractivity contribution >= 4 is 69.0 Å². The van der Waals surface area contributed by atoms with Crippen LogP contribution < -0.4 is 11.1 Å². The van der Waals surface area contributed by atoms with Crippen molar-refractivity contribution in [1.82, 2.24) is 5.32 Å². The van der Waals surface area contributed by atoms with E-state index >= 15 is 0 Å². The van der Waals surface area contributed by atoms with Crippen molar-refractivity contribution in [3.05, 3.63) is 0 Å². The van der Waals surface area contributed by atoms with Gasteiger partial charge in [-0.2, -0.15) is 0 Å². The number of carbonyl (C=O) groups is 3. The number of carbonyl (C=O) groups excluding carboxylic acids is 1. The summed E-state index contributed by atoms with van der Waals surface area (Å²) >= 11 is 0. The topological polar surface area (TPSA) is 130 Å². The van der Waals surface area contributed by atoms with Crippen molar-refractivity contribution in [1.29, 1.82) is 0 Å². The third kappa shape index (κ3) is 10.0. The average molecular weight is 305 g/mol. The monoisotopic (exact) mass is 305 g/mol. The van der Waals surface area contributed by atoms with E-state index in [0.717, 1.165) is 21.6 Å². The molecule has 2 atom stereocenters. The molecule has 18 heavy (non-hydrogen) atoms. The molecule has 0 fully saturated rings. The van der Waals surface area contributed by atoms with Crippen LogP contribution in [0.4, 0.5) is 0 Å². The molecule has 7 nitrogen and oxygen atoms in total. The van der Waals surface area contributed by atoms with Crippen LogP contribution in [-0.4, -0.2) is 81.2 Å². The van der Waals surface area contributed by atoms with Crippen molar-refractivity contribution in [3.8, 4) is 0 Å². The van der Waals surface area contributed by atoms with Gasteiger partial charge in [-0.25, -0.2) is 4.79 Å². The number of amides is 1. The zero-order chi connectivity index (χ0) is 13.4. The molecule has 1 amide bonds. The van der Waals surface area contributed by atoms with Crippen molar-refractivity contribution in [2.75, 3.05) is 11.5 Å². The molecule has 0 aliphatic carbocycles. The van der Waals surface area contributed by atoms with Crippen molar-refractivity contribution in [2.45, 2.75) is 19.0 Å². The van der Waals surface area contributed by atoms with E-state index in [1.54, 1.807) is 0 Å². The molecule has 0 aromatic carbocycles. The predicted molar refractivity (Wildman–Crippen MR) is 71.5 cm³/mol. The first-order chi connectivity index (χ1) is 7.84. The van der Waals surface area contributed by atoms with Crippen LogP contribution in [0.5, 0.6) is 0 Å². The van der Waals surface area contributed by atoms with E-state index in [1.807, 2.05) is 0 Å². The molecular weight excluding hydrogens is 291 g/mol. The summed E-state index contributed by atoms with van der Waals surface area (Å²) in [6.45, 7) is 1.23. The van der Waals surface area contributed by atoms with Gasteiger partial charge in [-0.1, -0.05) is 21.6 Å². The Hall–Kier alpha value is 0.0700. The van der Waals surface area contributed by atoms with Gasteiger partial charge < -0.3 is 21.3 Å². The Morgan fingerprint density at radius 2 is 1.67 bits per heavy atom. The minimum atomic E-state index is -1.13. The second-order valence-electron chi connectivity index (χ2n) is 3.11. The average Bonchev–Trinajstić information content (AvgIpc) is 2.21. The Kier molecular flexibility index (Phi) is 12.4. The Labute approximate surface area is 134 Å². The maximum atomic E-state index is 10.7. The summed E-state index contributed by atoms with van der Waals surface area (Å²) in [5.41, 5.74) is 5.25. The van der Waals surface area contributed by atoms with E-state index < -0.39 is 29.9 Å². The number of hydrogen-bond acceptors (Lipinski definition) is 6. The number of carboxylic acids is 2. The van der Waals surface area contributed by atoms with Gasteiger partial charge in [0.15, 0.2) is 0 Å². The molecule has 10 heteroatoms. The number of nitrogens with two attached hydrogens (primary N) is 1. The van der Waals surface area contributed by atoms with E-state index in [2.05, 4.69) is 5.32 Å². The summed E-state index contributed by atoms with van der Waals surface area (Å²) in [6, 6.07) is -1.96. The molecule has 0 rings (SSSR count). The standard InChI is InChI=1S/C8H14N2O5S2.Na/c1-4(11)10-6(8(14)15)3-17-16-2-5(9)7(12)13;/h5-6H,2-3,9H2,1H3,(H,10,11)(H,12,13)(H,14,15);/t5-,6-;/m0./s1. The van der Waals surface area contributed by atoms with Gasteiger partial charge in [0.05, 0.1) is 0 Å². The molecule has 0 spiro atoms. The summed E-state index contributed by atoms with van der Waals surface area (Å²) in [7, 11) is 2.31. The number of hydrogen-bond donors (Lipinski definition) is 4. The first-order valence-corrected chi connectivity index (χ1v) is 7.06. The normalized spacial score (nSPS) is 13.0. The van der Waals surface area contributed by atoms with Crippen LogP contribution in [0.2, 0.25) is 0 Å². The molecule has 0 aliphatic heterocycles. The molecule has 99 valence electrons. The second kappa shape index (κ2) is 10.9. The number of aliphatic carboxylic acids is 2. The summed E-state index contributed by atoms with van der Waals surface area (Å²) in [4.78, 5) is 31.8. The zero-order valence-electron chi connectivity index (χ0n) is 10.1. The molecule has 0 aromatic rings. The summed E-state index contributed by atoms with van der Waals surface area (Å²) in [5.74, 6) is -2.34. The Bertz CT molecular complexity index is 305. The van der Waals surface area contributed by atoms with Crippen molar-refractivity contribution < 1.29 is 24.6 Å². The smallest absolute Gasteiger partial charge is 0.327 e. The largest absolute Gasteiger partial charge is 0.480 e. The van der Waals surface area contributed by atoms with Gasteiger partial charge in [-0.15, -0.1) is 0 Å². The van der Waals surface area contributed by atoms with E-state index in [9.17, 15) is 14.4 Å². The molecular formula is C8H14N2NaO5S2. The fraction of sp³-hybridized carbons (Fsp3) is 0.625. The van der Waals surface area contributed by atoms with Crippen LogP contribution in [0.1, 0.15) is 6.92 Å². The Morgan fingerprint density at radius 3 is 2.06 bits per heavy atom. The van der Waals surface area contributed by atoms with Crippen LogP contribution in [-0.2, 0) is 14.4 Å². The van der Waals surface area contributed by atoms with Gasteiger partial charge in [0.2, 0.25) is 5.91 Å². The van der Waals surface area contributed by atoms with E-state index in [0.29, 0.717) is 0 Å². The molecule has 5 N–H and O–H groups in total. The first-order valence-electron chi connectivity index (χ1n) is 4.57. The van der Waals surface area contributed by atoms with Gasteiger partial charge in [0.1, 0.15) is 12.1 Å². The summed E-state index contributed by atoms with van der Waals surface area (Å²) in [5, 5.41) is 19.5. The van der Waals surface area contributed by atoms with E-state index in [-0.39, 0.29) is 41.1 Å². The predicted octanol–water partition coefficient (Wildman–Crippen LogP) is -1.01. The van der Waals surface area contributed by atoms with E-state index in [1.165, 1.54) is 6.92 Å². The van der Waals surface area contributed by atoms with E-state index in [4.69, 9.17) is 15.9 Å². The number of rotatable bonds is 8. The number of carboxylic acid groups (broad SMARTS) is 2. The van der Waals surface area contributed by atoms with Gasteiger partial charge >= 0.3 is 11.9 Å². The quantitative estimate of drug-likeness (QED) is 0.255. The van der Waals surface area contributed by atoms with Gasteiger partial charge in [-0.05, 0) is 0 Å². The van der Waals surface area contributed by atoms with Crippen molar-refractivity contribution in [3.63, 3.8) is 0 Å². The Morgan fingerprint density at radius 1 is 1.17 bits per heavy atom. The summed E-state index contributed by atoms with van der Waals surface area (Å²) in [6.07, 6.45) is 0. The van der Waals surface area contributed by atoms with Crippen molar-refractivity contribution in [2.24, 2.45) is 5.73 Å². The van der Waals surface area contributed by atoms with Crippen LogP contribution >= 0.6 is 21.6 Å². The minimum absolute atomic E-state index is 0. The maximum Gasteiger partial charge on any atom is 0.327 e. The minimum Gasteiger partial charge on any atom is -0.480 e. The van der Waals surface area contributed by atoms with Gasteiger partial charge in [-0.3, -0.25) is 9.59 Å². The Balaban J connectivity index is 0. The first kappa shape index (κ1) is 20.4. The SMILES string of the molecule is CC(=O)N[C@@H](CSSC[C@H](N)C(=O)O)C(=O)O.[Na].